The van der Waals surface area contributed by atoms with Gasteiger partial charge in [-0.05, 0) is 54.2 Å². The van der Waals surface area contributed by atoms with Gasteiger partial charge in [0.1, 0.15) is 11.6 Å². The normalized spacial score (nSPS) is 28.1. The molecule has 2 nitrogen and oxygen atoms in total. The number of rotatable bonds is 4. The average Bonchev–Trinajstić information content (AvgIpc) is 2.65. The van der Waals surface area contributed by atoms with Crippen LogP contribution in [0.2, 0.25) is 0 Å². The summed E-state index contributed by atoms with van der Waals surface area (Å²) in [4.78, 5) is 4.48. The third-order valence-corrected chi connectivity index (χ3v) is 4.71. The van der Waals surface area contributed by atoms with Crippen molar-refractivity contribution in [2.45, 2.75) is 12.8 Å². The van der Waals surface area contributed by atoms with E-state index in [0.29, 0.717) is 30.8 Å². The number of aliphatic imine (C=N–C) groups is 1. The second kappa shape index (κ2) is 5.56. The fourth-order valence-corrected chi connectivity index (χ4v) is 3.53. The highest BCUT2D eigenvalue weighted by Crippen LogP contribution is 2.46. The molecule has 1 saturated carbocycles. The number of allylic oxidation sites excluding steroid dienone is 4. The van der Waals surface area contributed by atoms with Crippen LogP contribution in [-0.4, -0.2) is 12.3 Å². The number of ether oxygens (including phenoxy) is 1. The Kier molecular flexibility index (Phi) is 3.41. The van der Waals surface area contributed by atoms with Gasteiger partial charge in [-0.15, -0.1) is 0 Å². The number of benzene rings is 1. The van der Waals surface area contributed by atoms with E-state index in [2.05, 4.69) is 23.2 Å². The fraction of sp³-hybridized carbons (Fsp3) is 0.316. The Morgan fingerprint density at radius 3 is 3.09 bits per heavy atom. The topological polar surface area (TPSA) is 21.6 Å². The zero-order valence-electron chi connectivity index (χ0n) is 12.3. The van der Waals surface area contributed by atoms with Crippen LogP contribution in [-0.2, 0) is 11.2 Å². The van der Waals surface area contributed by atoms with Crippen LogP contribution in [0.1, 0.15) is 12.0 Å². The molecule has 3 atom stereocenters. The van der Waals surface area contributed by atoms with Crippen molar-refractivity contribution in [2.24, 2.45) is 22.7 Å². The molecule has 0 bridgehead atoms. The first kappa shape index (κ1) is 13.5. The van der Waals surface area contributed by atoms with Crippen molar-refractivity contribution >= 4 is 5.71 Å². The highest BCUT2D eigenvalue weighted by atomic mass is 19.1. The third-order valence-electron chi connectivity index (χ3n) is 4.71. The van der Waals surface area contributed by atoms with E-state index < -0.39 is 0 Å². The predicted octanol–water partition coefficient (Wildman–Crippen LogP) is 4.06. The maximum Gasteiger partial charge on any atom is 0.123 e. The average molecular weight is 295 g/mol. The SMILES string of the molecule is Fc1cccc(CCOC2=CC3CC4C=CN=C(C=C2)C43)c1. The molecule has 1 aromatic rings. The molecule has 3 heteroatoms. The lowest BCUT2D eigenvalue weighted by Crippen LogP contribution is -2.40. The van der Waals surface area contributed by atoms with E-state index in [4.69, 9.17) is 4.74 Å². The lowest BCUT2D eigenvalue weighted by molar-refractivity contribution is 0.196. The first-order valence-corrected chi connectivity index (χ1v) is 7.81. The van der Waals surface area contributed by atoms with Crippen molar-refractivity contribution < 1.29 is 9.13 Å². The van der Waals surface area contributed by atoms with Gasteiger partial charge in [0.25, 0.3) is 0 Å². The molecular formula is C19H18FNO. The van der Waals surface area contributed by atoms with E-state index in [1.165, 1.54) is 18.2 Å². The van der Waals surface area contributed by atoms with Gasteiger partial charge in [0.2, 0.25) is 0 Å². The number of hydrogen-bond donors (Lipinski definition) is 0. The van der Waals surface area contributed by atoms with Crippen molar-refractivity contribution in [3.8, 4) is 0 Å². The monoisotopic (exact) mass is 295 g/mol. The lowest BCUT2D eigenvalue weighted by Gasteiger charge is -2.42. The number of halogens is 1. The molecule has 1 aromatic carbocycles. The highest BCUT2D eigenvalue weighted by Gasteiger charge is 2.42. The molecule has 22 heavy (non-hydrogen) atoms. The molecule has 3 unspecified atom stereocenters. The molecule has 4 rings (SSSR count). The molecule has 1 aliphatic heterocycles. The van der Waals surface area contributed by atoms with Gasteiger partial charge in [0, 0.05) is 24.3 Å². The Bertz CT molecular complexity index is 701. The number of hydrogen-bond acceptors (Lipinski definition) is 2. The minimum absolute atomic E-state index is 0.193. The molecule has 1 heterocycles. The Labute approximate surface area is 129 Å². The Morgan fingerprint density at radius 1 is 1.23 bits per heavy atom. The predicted molar refractivity (Wildman–Crippen MR) is 84.9 cm³/mol. The van der Waals surface area contributed by atoms with Crippen molar-refractivity contribution in [1.29, 1.82) is 0 Å². The molecule has 0 radical (unpaired) electrons. The highest BCUT2D eigenvalue weighted by molar-refractivity contribution is 6.00. The summed E-state index contributed by atoms with van der Waals surface area (Å²) in [6.07, 6.45) is 12.3. The molecule has 0 N–H and O–H groups in total. The summed E-state index contributed by atoms with van der Waals surface area (Å²) in [5, 5.41) is 0. The second-order valence-electron chi connectivity index (χ2n) is 6.12. The van der Waals surface area contributed by atoms with Gasteiger partial charge >= 0.3 is 0 Å². The molecular weight excluding hydrogens is 277 g/mol. The minimum atomic E-state index is -0.193. The van der Waals surface area contributed by atoms with Crippen molar-refractivity contribution in [2.75, 3.05) is 6.61 Å². The molecule has 0 saturated heterocycles. The Balaban J connectivity index is 1.39. The molecule has 3 aliphatic rings. The van der Waals surface area contributed by atoms with Crippen LogP contribution in [0.3, 0.4) is 0 Å². The third kappa shape index (κ3) is 2.52. The summed E-state index contributed by atoms with van der Waals surface area (Å²) in [6, 6.07) is 6.69. The largest absolute Gasteiger partial charge is 0.494 e. The quantitative estimate of drug-likeness (QED) is 0.821. The summed E-state index contributed by atoms with van der Waals surface area (Å²) < 4.78 is 19.0. The van der Waals surface area contributed by atoms with Crippen molar-refractivity contribution in [1.82, 2.24) is 0 Å². The van der Waals surface area contributed by atoms with Gasteiger partial charge in [-0.3, -0.25) is 4.99 Å². The van der Waals surface area contributed by atoms with E-state index in [9.17, 15) is 4.39 Å². The van der Waals surface area contributed by atoms with Gasteiger partial charge in [-0.25, -0.2) is 4.39 Å². The van der Waals surface area contributed by atoms with Gasteiger partial charge in [-0.2, -0.15) is 0 Å². The smallest absolute Gasteiger partial charge is 0.123 e. The lowest BCUT2D eigenvalue weighted by atomic mass is 9.62. The molecule has 0 amide bonds. The molecule has 0 spiro atoms. The fourth-order valence-electron chi connectivity index (χ4n) is 3.53. The van der Waals surface area contributed by atoms with Crippen LogP contribution < -0.4 is 0 Å². The van der Waals surface area contributed by atoms with E-state index in [-0.39, 0.29) is 5.82 Å². The van der Waals surface area contributed by atoms with Crippen LogP contribution in [0.25, 0.3) is 0 Å². The van der Waals surface area contributed by atoms with E-state index in [1.807, 2.05) is 18.3 Å². The van der Waals surface area contributed by atoms with Crippen LogP contribution in [0.15, 0.2) is 65.5 Å². The van der Waals surface area contributed by atoms with Crippen molar-refractivity contribution in [3.05, 3.63) is 71.9 Å². The van der Waals surface area contributed by atoms with Gasteiger partial charge in [0.05, 0.1) is 6.61 Å². The summed E-state index contributed by atoms with van der Waals surface area (Å²) in [7, 11) is 0. The molecule has 1 fully saturated rings. The second-order valence-corrected chi connectivity index (χ2v) is 6.12. The van der Waals surface area contributed by atoms with Gasteiger partial charge in [-0.1, -0.05) is 18.2 Å². The number of nitrogens with zero attached hydrogens (tertiary/aromatic N) is 1. The van der Waals surface area contributed by atoms with E-state index in [1.54, 1.807) is 12.1 Å². The van der Waals surface area contributed by atoms with Crippen LogP contribution in [0, 0.1) is 23.6 Å². The molecule has 0 aromatic heterocycles. The van der Waals surface area contributed by atoms with E-state index >= 15 is 0 Å². The standard InChI is InChI=1S/C19H18FNO/c20-16-3-1-2-13(10-16)7-9-22-17-4-5-18-19-14(6-8-21-18)11-15(19)12-17/h1-6,8,10,12,14-15,19H,7,9,11H2. The summed E-state index contributed by atoms with van der Waals surface area (Å²) >= 11 is 0. The maximum absolute atomic E-state index is 13.1. The summed E-state index contributed by atoms with van der Waals surface area (Å²) in [5.41, 5.74) is 2.13. The Hall–Kier alpha value is -2.16. The van der Waals surface area contributed by atoms with Crippen LogP contribution in [0.5, 0.6) is 0 Å². The zero-order chi connectivity index (χ0) is 14.9. The summed E-state index contributed by atoms with van der Waals surface area (Å²) in [5.74, 6) is 2.43. The summed E-state index contributed by atoms with van der Waals surface area (Å²) in [6.45, 7) is 0.561. The minimum Gasteiger partial charge on any atom is -0.494 e. The first-order chi connectivity index (χ1) is 10.8. The van der Waals surface area contributed by atoms with Crippen LogP contribution in [0.4, 0.5) is 4.39 Å². The molecule has 2 aliphatic carbocycles. The van der Waals surface area contributed by atoms with Crippen molar-refractivity contribution in [3.63, 3.8) is 0 Å². The zero-order valence-corrected chi connectivity index (χ0v) is 12.3. The van der Waals surface area contributed by atoms with Gasteiger partial charge in [0.15, 0.2) is 0 Å². The Morgan fingerprint density at radius 2 is 2.18 bits per heavy atom. The van der Waals surface area contributed by atoms with E-state index in [0.717, 1.165) is 11.3 Å². The first-order valence-electron chi connectivity index (χ1n) is 7.81. The maximum atomic E-state index is 13.1. The van der Waals surface area contributed by atoms with Crippen LogP contribution >= 0.6 is 0 Å². The molecule has 112 valence electrons. The van der Waals surface area contributed by atoms with Gasteiger partial charge < -0.3 is 4.74 Å².